The number of rotatable bonds is 4. The van der Waals surface area contributed by atoms with E-state index >= 15 is 0 Å². The molecule has 0 aliphatic heterocycles. The maximum Gasteiger partial charge on any atom is 0.414 e. The van der Waals surface area contributed by atoms with Crippen molar-refractivity contribution in [1.29, 1.82) is 5.26 Å². The van der Waals surface area contributed by atoms with Crippen molar-refractivity contribution in [1.82, 2.24) is 5.32 Å². The Morgan fingerprint density at radius 2 is 2.25 bits per heavy atom. The number of carbonyl (C=O) groups excluding carboxylic acids is 2. The van der Waals surface area contributed by atoms with Gasteiger partial charge in [0.2, 0.25) is 5.71 Å². The first-order valence-corrected chi connectivity index (χ1v) is 5.92. The first kappa shape index (κ1) is 15.5. The van der Waals surface area contributed by atoms with E-state index in [1.54, 1.807) is 37.3 Å². The molecule has 0 atom stereocenters. The van der Waals surface area contributed by atoms with Crippen molar-refractivity contribution in [2.75, 3.05) is 12.0 Å². The van der Waals surface area contributed by atoms with Crippen molar-refractivity contribution in [3.63, 3.8) is 0 Å². The lowest BCUT2D eigenvalue weighted by Gasteiger charge is -2.03. The summed E-state index contributed by atoms with van der Waals surface area (Å²) < 4.78 is 4.51. The maximum atomic E-state index is 11.5. The monoisotopic (exact) mass is 294 g/mol. The zero-order valence-electron chi connectivity index (χ0n) is 10.5. The highest BCUT2D eigenvalue weighted by Crippen LogP contribution is 2.14. The normalized spacial score (nSPS) is 10.3. The lowest BCUT2D eigenvalue weighted by atomic mass is 10.3. The van der Waals surface area contributed by atoms with E-state index < -0.39 is 17.7 Å². The second-order valence-electron chi connectivity index (χ2n) is 3.37. The zero-order chi connectivity index (χ0) is 15.0. The Hall–Kier alpha value is -2.59. The molecule has 1 rings (SSSR count). The fourth-order valence-electron chi connectivity index (χ4n) is 1.12. The molecule has 0 heterocycles. The molecule has 0 radical (unpaired) electrons. The maximum absolute atomic E-state index is 11.5. The van der Waals surface area contributed by atoms with Crippen LogP contribution in [0.2, 0.25) is 5.02 Å². The number of halogens is 1. The zero-order valence-corrected chi connectivity index (χ0v) is 11.3. The molecule has 0 aliphatic carbocycles. The SMILES string of the molecule is CCOC(=O)NC(=O)/C(C#N)=N/Nc1cccc(Cl)c1. The number of benzene rings is 1. The summed E-state index contributed by atoms with van der Waals surface area (Å²) in [5.74, 6) is -0.958. The summed E-state index contributed by atoms with van der Waals surface area (Å²) in [4.78, 5) is 22.6. The van der Waals surface area contributed by atoms with Crippen LogP contribution in [0.25, 0.3) is 0 Å². The predicted molar refractivity (Wildman–Crippen MR) is 73.3 cm³/mol. The quantitative estimate of drug-likeness (QED) is 0.652. The molecule has 2 N–H and O–H groups in total. The number of hydrogen-bond acceptors (Lipinski definition) is 6. The van der Waals surface area contributed by atoms with Crippen LogP contribution in [-0.2, 0) is 9.53 Å². The van der Waals surface area contributed by atoms with E-state index in [1.807, 2.05) is 5.32 Å². The molecule has 0 bridgehead atoms. The Labute approximate surface area is 120 Å². The molecular formula is C12H11ClN4O3. The second-order valence-corrected chi connectivity index (χ2v) is 3.81. The van der Waals surface area contributed by atoms with Crippen LogP contribution in [-0.4, -0.2) is 24.3 Å². The van der Waals surface area contributed by atoms with Crippen molar-refractivity contribution >= 4 is 35.0 Å². The number of hydrogen-bond donors (Lipinski definition) is 2. The van der Waals surface area contributed by atoms with Gasteiger partial charge in [-0.15, -0.1) is 0 Å². The van der Waals surface area contributed by atoms with Crippen LogP contribution in [0, 0.1) is 11.3 Å². The van der Waals surface area contributed by atoms with E-state index in [1.165, 1.54) is 0 Å². The van der Waals surface area contributed by atoms with Gasteiger partial charge in [-0.05, 0) is 25.1 Å². The minimum absolute atomic E-state index is 0.110. The summed E-state index contributed by atoms with van der Waals surface area (Å²) in [7, 11) is 0. The molecule has 0 fully saturated rings. The Balaban J connectivity index is 2.70. The van der Waals surface area contributed by atoms with E-state index in [2.05, 4.69) is 15.3 Å². The average molecular weight is 295 g/mol. The van der Waals surface area contributed by atoms with Gasteiger partial charge in [0, 0.05) is 5.02 Å². The number of ether oxygens (including phenoxy) is 1. The van der Waals surface area contributed by atoms with Crippen LogP contribution < -0.4 is 10.7 Å². The standard InChI is InChI=1S/C12H11ClN4O3/c1-2-20-12(19)15-11(18)10(7-14)17-16-9-5-3-4-8(13)6-9/h3-6,16H,2H2,1H3,(H,15,18,19)/b17-10+. The molecular weight excluding hydrogens is 284 g/mol. The number of carbonyl (C=O) groups is 2. The summed E-state index contributed by atoms with van der Waals surface area (Å²) in [5, 5.41) is 14.7. The lowest BCUT2D eigenvalue weighted by Crippen LogP contribution is -2.36. The second kappa shape index (κ2) is 7.76. The average Bonchev–Trinajstić information content (AvgIpc) is 2.39. The van der Waals surface area contributed by atoms with Crippen molar-refractivity contribution < 1.29 is 14.3 Å². The number of anilines is 1. The molecule has 20 heavy (non-hydrogen) atoms. The summed E-state index contributed by atoms with van der Waals surface area (Å²) in [6.07, 6.45) is -0.941. The van der Waals surface area contributed by atoms with Crippen molar-refractivity contribution in [3.05, 3.63) is 29.3 Å². The van der Waals surface area contributed by atoms with Crippen LogP contribution in [0.15, 0.2) is 29.4 Å². The number of amides is 2. The van der Waals surface area contributed by atoms with Crippen LogP contribution in [0.1, 0.15) is 6.92 Å². The Kier molecular flexibility index (Phi) is 6.00. The van der Waals surface area contributed by atoms with Crippen molar-refractivity contribution in [3.8, 4) is 6.07 Å². The first-order valence-electron chi connectivity index (χ1n) is 5.54. The smallest absolute Gasteiger partial charge is 0.414 e. The van der Waals surface area contributed by atoms with Gasteiger partial charge < -0.3 is 4.74 Å². The Bertz CT molecular complexity index is 580. The summed E-state index contributed by atoms with van der Waals surface area (Å²) >= 11 is 5.77. The Morgan fingerprint density at radius 1 is 1.50 bits per heavy atom. The van der Waals surface area contributed by atoms with E-state index in [0.29, 0.717) is 10.7 Å². The molecule has 1 aromatic carbocycles. The van der Waals surface area contributed by atoms with Crippen LogP contribution >= 0.6 is 11.6 Å². The van der Waals surface area contributed by atoms with Gasteiger partial charge in [0.1, 0.15) is 6.07 Å². The van der Waals surface area contributed by atoms with Gasteiger partial charge in [-0.3, -0.25) is 15.5 Å². The molecule has 1 aromatic rings. The largest absolute Gasteiger partial charge is 0.450 e. The van der Waals surface area contributed by atoms with Gasteiger partial charge in [-0.1, -0.05) is 17.7 Å². The molecule has 0 saturated carbocycles. The highest BCUT2D eigenvalue weighted by molar-refractivity contribution is 6.46. The van der Waals surface area contributed by atoms with Crippen LogP contribution in [0.5, 0.6) is 0 Å². The van der Waals surface area contributed by atoms with E-state index in [4.69, 9.17) is 16.9 Å². The first-order chi connectivity index (χ1) is 9.56. The third-order valence-corrected chi connectivity index (χ3v) is 2.17. The van der Waals surface area contributed by atoms with E-state index in [0.717, 1.165) is 0 Å². The van der Waals surface area contributed by atoms with Gasteiger partial charge in [0.15, 0.2) is 0 Å². The highest BCUT2D eigenvalue weighted by atomic mass is 35.5. The molecule has 0 aliphatic rings. The number of alkyl carbamates (subject to hydrolysis) is 1. The molecule has 8 heteroatoms. The third kappa shape index (κ3) is 4.96. The Morgan fingerprint density at radius 3 is 2.85 bits per heavy atom. The van der Waals surface area contributed by atoms with Gasteiger partial charge in [-0.25, -0.2) is 4.79 Å². The van der Waals surface area contributed by atoms with E-state index in [-0.39, 0.29) is 6.61 Å². The molecule has 2 amide bonds. The number of imide groups is 1. The predicted octanol–water partition coefficient (Wildman–Crippen LogP) is 1.90. The van der Waals surface area contributed by atoms with Crippen molar-refractivity contribution in [2.45, 2.75) is 6.92 Å². The van der Waals surface area contributed by atoms with Gasteiger partial charge in [-0.2, -0.15) is 10.4 Å². The fourth-order valence-corrected chi connectivity index (χ4v) is 1.31. The molecule has 0 spiro atoms. The van der Waals surface area contributed by atoms with Crippen LogP contribution in [0.4, 0.5) is 10.5 Å². The number of nitriles is 1. The van der Waals surface area contributed by atoms with Gasteiger partial charge in [0.05, 0.1) is 12.3 Å². The topological polar surface area (TPSA) is 104 Å². The summed E-state index contributed by atoms with van der Waals surface area (Å²) in [6, 6.07) is 8.11. The summed E-state index contributed by atoms with van der Waals surface area (Å²) in [5.41, 5.74) is 2.47. The molecule has 0 saturated heterocycles. The number of hydrazone groups is 1. The molecule has 0 unspecified atom stereocenters. The summed E-state index contributed by atoms with van der Waals surface area (Å²) in [6.45, 7) is 1.70. The van der Waals surface area contributed by atoms with Crippen LogP contribution in [0.3, 0.4) is 0 Å². The third-order valence-electron chi connectivity index (χ3n) is 1.93. The molecule has 0 aromatic heterocycles. The van der Waals surface area contributed by atoms with Gasteiger partial charge in [0.25, 0.3) is 5.91 Å². The minimum atomic E-state index is -0.958. The van der Waals surface area contributed by atoms with Gasteiger partial charge >= 0.3 is 6.09 Å². The lowest BCUT2D eigenvalue weighted by molar-refractivity contribution is -0.114. The molecule has 7 nitrogen and oxygen atoms in total. The molecule has 104 valence electrons. The van der Waals surface area contributed by atoms with Crippen molar-refractivity contribution in [2.24, 2.45) is 5.10 Å². The minimum Gasteiger partial charge on any atom is -0.450 e. The fraction of sp³-hybridized carbons (Fsp3) is 0.167. The number of nitrogens with zero attached hydrogens (tertiary/aromatic N) is 2. The highest BCUT2D eigenvalue weighted by Gasteiger charge is 2.15. The number of nitrogens with one attached hydrogen (secondary N) is 2. The van der Waals surface area contributed by atoms with E-state index in [9.17, 15) is 9.59 Å².